The Labute approximate surface area is 108 Å². The molecule has 102 valence electrons. The van der Waals surface area contributed by atoms with Gasteiger partial charge >= 0.3 is 0 Å². The van der Waals surface area contributed by atoms with Crippen molar-refractivity contribution < 1.29 is 0 Å². The molecule has 4 unspecified atom stereocenters. The van der Waals surface area contributed by atoms with E-state index in [0.717, 1.165) is 18.5 Å². The quantitative estimate of drug-likeness (QED) is 0.763. The summed E-state index contributed by atoms with van der Waals surface area (Å²) in [6, 6.07) is 2.01. The van der Waals surface area contributed by atoms with Gasteiger partial charge in [-0.05, 0) is 40.3 Å². The Morgan fingerprint density at radius 2 is 1.94 bits per heavy atom. The van der Waals surface area contributed by atoms with E-state index in [9.17, 15) is 0 Å². The molecule has 3 heteroatoms. The molecule has 1 fully saturated rings. The zero-order valence-electron chi connectivity index (χ0n) is 12.5. The first kappa shape index (κ1) is 14.9. The van der Waals surface area contributed by atoms with Crippen molar-refractivity contribution in [1.82, 2.24) is 15.1 Å². The van der Waals surface area contributed by atoms with E-state index in [1.54, 1.807) is 0 Å². The minimum atomic E-state index is 0.641. The Hall–Kier alpha value is -0.120. The fourth-order valence-electron chi connectivity index (χ4n) is 2.66. The monoisotopic (exact) mass is 241 g/mol. The second-order valence-electron chi connectivity index (χ2n) is 6.03. The zero-order chi connectivity index (χ0) is 13.0. The van der Waals surface area contributed by atoms with Crippen molar-refractivity contribution in [3.8, 4) is 0 Å². The molecular formula is C14H31N3. The summed E-state index contributed by atoms with van der Waals surface area (Å²) in [4.78, 5) is 5.00. The SMILES string of the molecule is CCC(C)NCC(C)N1CC(C)C(N(C)C)C1. The average Bonchev–Trinajstić information content (AvgIpc) is 2.67. The third-order valence-corrected chi connectivity index (χ3v) is 4.26. The van der Waals surface area contributed by atoms with Crippen LogP contribution in [0.2, 0.25) is 0 Å². The van der Waals surface area contributed by atoms with Crippen molar-refractivity contribution in [3.63, 3.8) is 0 Å². The van der Waals surface area contributed by atoms with Gasteiger partial charge in [0.25, 0.3) is 0 Å². The molecule has 0 radical (unpaired) electrons. The molecule has 17 heavy (non-hydrogen) atoms. The first-order valence-electron chi connectivity index (χ1n) is 7.09. The van der Waals surface area contributed by atoms with Crippen molar-refractivity contribution in [2.24, 2.45) is 5.92 Å². The molecule has 0 spiro atoms. The molecule has 1 N–H and O–H groups in total. The van der Waals surface area contributed by atoms with E-state index < -0.39 is 0 Å². The van der Waals surface area contributed by atoms with Gasteiger partial charge in [-0.3, -0.25) is 4.90 Å². The lowest BCUT2D eigenvalue weighted by Crippen LogP contribution is -2.43. The molecule has 1 aliphatic rings. The molecule has 1 heterocycles. The van der Waals surface area contributed by atoms with Crippen molar-refractivity contribution in [1.29, 1.82) is 0 Å². The van der Waals surface area contributed by atoms with E-state index in [0.29, 0.717) is 12.1 Å². The van der Waals surface area contributed by atoms with Crippen LogP contribution in [0.15, 0.2) is 0 Å². The molecule has 1 saturated heterocycles. The smallest absolute Gasteiger partial charge is 0.0254 e. The van der Waals surface area contributed by atoms with Crippen LogP contribution < -0.4 is 5.32 Å². The maximum atomic E-state index is 3.61. The summed E-state index contributed by atoms with van der Waals surface area (Å²) < 4.78 is 0. The highest BCUT2D eigenvalue weighted by molar-refractivity contribution is 4.89. The number of hydrogen-bond donors (Lipinski definition) is 1. The highest BCUT2D eigenvalue weighted by Gasteiger charge is 2.32. The van der Waals surface area contributed by atoms with E-state index in [1.807, 2.05) is 0 Å². The summed E-state index contributed by atoms with van der Waals surface area (Å²) in [6.07, 6.45) is 1.21. The minimum Gasteiger partial charge on any atom is -0.313 e. The standard InChI is InChI=1S/C14H31N3/c1-7-12(3)15-8-13(4)17-9-11(2)14(10-17)16(5)6/h11-15H,7-10H2,1-6H3. The lowest BCUT2D eigenvalue weighted by Gasteiger charge is -2.27. The third kappa shape index (κ3) is 4.23. The van der Waals surface area contributed by atoms with Crippen LogP contribution in [-0.2, 0) is 0 Å². The lowest BCUT2D eigenvalue weighted by atomic mass is 10.1. The molecule has 1 rings (SSSR count). The number of nitrogens with zero attached hydrogens (tertiary/aromatic N) is 2. The summed E-state index contributed by atoms with van der Waals surface area (Å²) in [7, 11) is 4.40. The molecule has 0 aliphatic carbocycles. The molecule has 4 atom stereocenters. The zero-order valence-corrected chi connectivity index (χ0v) is 12.5. The van der Waals surface area contributed by atoms with Crippen LogP contribution in [0, 0.1) is 5.92 Å². The molecule has 1 aliphatic heterocycles. The van der Waals surface area contributed by atoms with Gasteiger partial charge in [0.05, 0.1) is 0 Å². The summed E-state index contributed by atoms with van der Waals surface area (Å²) in [6.45, 7) is 12.8. The Morgan fingerprint density at radius 3 is 2.41 bits per heavy atom. The fraction of sp³-hybridized carbons (Fsp3) is 1.00. The minimum absolute atomic E-state index is 0.641. The van der Waals surface area contributed by atoms with Gasteiger partial charge in [-0.25, -0.2) is 0 Å². The lowest BCUT2D eigenvalue weighted by molar-refractivity contribution is 0.218. The van der Waals surface area contributed by atoms with Gasteiger partial charge in [0.15, 0.2) is 0 Å². The average molecular weight is 241 g/mol. The van der Waals surface area contributed by atoms with Gasteiger partial charge in [0.2, 0.25) is 0 Å². The fourth-order valence-corrected chi connectivity index (χ4v) is 2.66. The Kier molecular flexibility index (Phi) is 5.90. The van der Waals surface area contributed by atoms with Crippen molar-refractivity contribution in [2.75, 3.05) is 33.7 Å². The summed E-state index contributed by atoms with van der Waals surface area (Å²) in [5.74, 6) is 0.788. The van der Waals surface area contributed by atoms with Gasteiger partial charge in [0.1, 0.15) is 0 Å². The topological polar surface area (TPSA) is 18.5 Å². The van der Waals surface area contributed by atoms with Crippen LogP contribution >= 0.6 is 0 Å². The molecule has 3 nitrogen and oxygen atoms in total. The maximum Gasteiger partial charge on any atom is 0.0254 e. The van der Waals surface area contributed by atoms with Crippen LogP contribution in [0.4, 0.5) is 0 Å². The van der Waals surface area contributed by atoms with Crippen molar-refractivity contribution >= 4 is 0 Å². The Morgan fingerprint density at radius 1 is 1.29 bits per heavy atom. The van der Waals surface area contributed by atoms with Crippen molar-refractivity contribution in [2.45, 2.75) is 52.2 Å². The van der Waals surface area contributed by atoms with Gasteiger partial charge in [0, 0.05) is 37.8 Å². The highest BCUT2D eigenvalue weighted by atomic mass is 15.3. The third-order valence-electron chi connectivity index (χ3n) is 4.26. The second kappa shape index (κ2) is 6.72. The van der Waals surface area contributed by atoms with Gasteiger partial charge in [-0.1, -0.05) is 13.8 Å². The van der Waals surface area contributed by atoms with Gasteiger partial charge in [-0.2, -0.15) is 0 Å². The number of hydrogen-bond acceptors (Lipinski definition) is 3. The van der Waals surface area contributed by atoms with Crippen molar-refractivity contribution in [3.05, 3.63) is 0 Å². The number of rotatable bonds is 6. The molecule has 0 aromatic carbocycles. The normalized spacial score (nSPS) is 29.8. The van der Waals surface area contributed by atoms with E-state index in [-0.39, 0.29) is 0 Å². The van der Waals surface area contributed by atoms with Crippen LogP contribution in [0.1, 0.15) is 34.1 Å². The number of likely N-dealkylation sites (tertiary alicyclic amines) is 1. The highest BCUT2D eigenvalue weighted by Crippen LogP contribution is 2.21. The first-order chi connectivity index (χ1) is 7.95. The van der Waals surface area contributed by atoms with Crippen LogP contribution in [0.5, 0.6) is 0 Å². The molecule has 0 saturated carbocycles. The largest absolute Gasteiger partial charge is 0.313 e. The molecule has 0 aromatic rings. The number of nitrogens with one attached hydrogen (secondary N) is 1. The molecule has 0 bridgehead atoms. The Bertz CT molecular complexity index is 218. The summed E-state index contributed by atoms with van der Waals surface area (Å²) >= 11 is 0. The van der Waals surface area contributed by atoms with E-state index in [2.05, 4.69) is 56.9 Å². The van der Waals surface area contributed by atoms with Gasteiger partial charge in [-0.15, -0.1) is 0 Å². The number of likely N-dealkylation sites (N-methyl/N-ethyl adjacent to an activating group) is 1. The van der Waals surface area contributed by atoms with Crippen LogP contribution in [0.3, 0.4) is 0 Å². The summed E-state index contributed by atoms with van der Waals surface area (Å²) in [5, 5.41) is 3.61. The molecular weight excluding hydrogens is 210 g/mol. The predicted octanol–water partition coefficient (Wildman–Crippen LogP) is 1.64. The Balaban J connectivity index is 2.36. The first-order valence-corrected chi connectivity index (χ1v) is 7.09. The maximum absolute atomic E-state index is 3.61. The van der Waals surface area contributed by atoms with Crippen LogP contribution in [0.25, 0.3) is 0 Å². The molecule has 0 amide bonds. The van der Waals surface area contributed by atoms with Crippen LogP contribution in [-0.4, -0.2) is 61.7 Å². The molecule has 0 aromatic heterocycles. The van der Waals surface area contributed by atoms with E-state index in [1.165, 1.54) is 19.5 Å². The summed E-state index contributed by atoms with van der Waals surface area (Å²) in [5.41, 5.74) is 0. The second-order valence-corrected chi connectivity index (χ2v) is 6.03. The van der Waals surface area contributed by atoms with E-state index >= 15 is 0 Å². The van der Waals surface area contributed by atoms with E-state index in [4.69, 9.17) is 0 Å². The van der Waals surface area contributed by atoms with Gasteiger partial charge < -0.3 is 10.2 Å². The predicted molar refractivity (Wildman–Crippen MR) is 75.4 cm³/mol.